The van der Waals surface area contributed by atoms with E-state index in [0.717, 1.165) is 30.7 Å². The Hall–Kier alpha value is -2.29. The van der Waals surface area contributed by atoms with E-state index >= 15 is 0 Å². The lowest BCUT2D eigenvalue weighted by Crippen LogP contribution is -2.14. The van der Waals surface area contributed by atoms with Crippen LogP contribution in [-0.2, 0) is 13.0 Å². The lowest BCUT2D eigenvalue weighted by atomic mass is 10.1. The highest BCUT2D eigenvalue weighted by Crippen LogP contribution is 2.34. The van der Waals surface area contributed by atoms with Crippen molar-refractivity contribution < 1.29 is 0 Å². The van der Waals surface area contributed by atoms with E-state index in [0.29, 0.717) is 0 Å². The molecule has 0 fully saturated rings. The van der Waals surface area contributed by atoms with Crippen LogP contribution >= 0.6 is 0 Å². The van der Waals surface area contributed by atoms with Gasteiger partial charge in [0.05, 0.1) is 17.1 Å². The molecule has 106 valence electrons. The smallest absolute Gasteiger partial charge is 0.132 e. The molecular formula is C18H19N3. The zero-order chi connectivity index (χ0) is 14.2. The van der Waals surface area contributed by atoms with Crippen molar-refractivity contribution in [1.29, 1.82) is 0 Å². The first-order valence-corrected chi connectivity index (χ1v) is 7.66. The fourth-order valence-electron chi connectivity index (χ4n) is 3.27. The second kappa shape index (κ2) is 4.92. The van der Waals surface area contributed by atoms with Crippen LogP contribution < -0.4 is 5.32 Å². The number of aryl methyl sites for hydroxylation is 1. The zero-order valence-corrected chi connectivity index (χ0v) is 12.2. The fraction of sp³-hybridized carbons (Fsp3) is 0.278. The molecule has 1 aromatic heterocycles. The van der Waals surface area contributed by atoms with Crippen LogP contribution in [0.4, 0.5) is 5.69 Å². The van der Waals surface area contributed by atoms with Gasteiger partial charge in [0.1, 0.15) is 5.82 Å². The normalized spacial score (nSPS) is 16.9. The predicted octanol–water partition coefficient (Wildman–Crippen LogP) is 4.16. The quantitative estimate of drug-likeness (QED) is 0.779. The highest BCUT2D eigenvalue weighted by molar-refractivity contribution is 5.76. The van der Waals surface area contributed by atoms with Crippen LogP contribution in [0.3, 0.4) is 0 Å². The standard InChI is InChI=1S/C18H19N3/c1-2-11-21-17-10-6-5-9-15(17)20-18(21)16-12-13-7-3-4-8-14(13)19-16/h3-10,16,19H,2,11-12H2,1H3. The number of nitrogens with one attached hydrogen (secondary N) is 1. The molecule has 0 aliphatic carbocycles. The molecule has 1 aliphatic rings. The number of imidazole rings is 1. The third kappa shape index (κ3) is 2.00. The number of rotatable bonds is 3. The largest absolute Gasteiger partial charge is 0.375 e. The summed E-state index contributed by atoms with van der Waals surface area (Å²) in [6.45, 7) is 3.24. The molecule has 3 aromatic rings. The minimum Gasteiger partial charge on any atom is -0.375 e. The number of hydrogen-bond donors (Lipinski definition) is 1. The Morgan fingerprint density at radius 1 is 1.14 bits per heavy atom. The van der Waals surface area contributed by atoms with Crippen molar-refractivity contribution in [2.45, 2.75) is 32.4 Å². The van der Waals surface area contributed by atoms with Gasteiger partial charge in [-0.25, -0.2) is 4.98 Å². The molecule has 1 atom stereocenters. The lowest BCUT2D eigenvalue weighted by Gasteiger charge is -2.14. The van der Waals surface area contributed by atoms with Gasteiger partial charge in [-0.2, -0.15) is 0 Å². The molecule has 1 unspecified atom stereocenters. The third-order valence-corrected chi connectivity index (χ3v) is 4.21. The average Bonchev–Trinajstić information content (AvgIpc) is 3.09. The van der Waals surface area contributed by atoms with Crippen LogP contribution in [0.25, 0.3) is 11.0 Å². The Bertz CT molecular complexity index is 763. The maximum absolute atomic E-state index is 4.90. The Morgan fingerprint density at radius 2 is 1.95 bits per heavy atom. The van der Waals surface area contributed by atoms with Gasteiger partial charge in [-0.15, -0.1) is 0 Å². The summed E-state index contributed by atoms with van der Waals surface area (Å²) in [6.07, 6.45) is 2.14. The van der Waals surface area contributed by atoms with Gasteiger partial charge >= 0.3 is 0 Å². The van der Waals surface area contributed by atoms with E-state index in [2.05, 4.69) is 65.3 Å². The minimum atomic E-state index is 0.279. The molecule has 1 N–H and O–H groups in total. The summed E-state index contributed by atoms with van der Waals surface area (Å²) >= 11 is 0. The van der Waals surface area contributed by atoms with E-state index in [4.69, 9.17) is 4.98 Å². The highest BCUT2D eigenvalue weighted by atomic mass is 15.1. The molecule has 0 spiro atoms. The maximum Gasteiger partial charge on any atom is 0.132 e. The Kier molecular flexibility index (Phi) is 2.92. The predicted molar refractivity (Wildman–Crippen MR) is 86.5 cm³/mol. The second-order valence-corrected chi connectivity index (χ2v) is 5.67. The second-order valence-electron chi connectivity index (χ2n) is 5.67. The number of aromatic nitrogens is 2. The highest BCUT2D eigenvalue weighted by Gasteiger charge is 2.26. The van der Waals surface area contributed by atoms with Crippen LogP contribution in [0.15, 0.2) is 48.5 Å². The van der Waals surface area contributed by atoms with Gasteiger partial charge < -0.3 is 9.88 Å². The average molecular weight is 277 g/mol. The van der Waals surface area contributed by atoms with Crippen molar-refractivity contribution in [3.05, 3.63) is 59.9 Å². The van der Waals surface area contributed by atoms with Crippen LogP contribution in [0.5, 0.6) is 0 Å². The van der Waals surface area contributed by atoms with Crippen LogP contribution in [0, 0.1) is 0 Å². The molecule has 21 heavy (non-hydrogen) atoms. The molecule has 0 saturated carbocycles. The summed E-state index contributed by atoms with van der Waals surface area (Å²) < 4.78 is 2.37. The zero-order valence-electron chi connectivity index (χ0n) is 12.2. The molecule has 0 saturated heterocycles. The summed E-state index contributed by atoms with van der Waals surface area (Å²) in [5, 5.41) is 3.63. The van der Waals surface area contributed by atoms with E-state index in [9.17, 15) is 0 Å². The maximum atomic E-state index is 4.90. The van der Waals surface area contributed by atoms with E-state index in [1.165, 1.54) is 16.8 Å². The molecule has 2 heterocycles. The molecule has 2 aromatic carbocycles. The first-order chi connectivity index (χ1) is 10.4. The van der Waals surface area contributed by atoms with Gasteiger partial charge in [0.15, 0.2) is 0 Å². The Balaban J connectivity index is 1.79. The molecule has 3 heteroatoms. The fourth-order valence-corrected chi connectivity index (χ4v) is 3.27. The number of para-hydroxylation sites is 3. The molecule has 3 nitrogen and oxygen atoms in total. The van der Waals surface area contributed by atoms with Crippen LogP contribution in [0.2, 0.25) is 0 Å². The molecule has 0 bridgehead atoms. The van der Waals surface area contributed by atoms with Gasteiger partial charge in [0.25, 0.3) is 0 Å². The number of benzene rings is 2. The van der Waals surface area contributed by atoms with E-state index < -0.39 is 0 Å². The number of hydrogen-bond acceptors (Lipinski definition) is 2. The SMILES string of the molecule is CCCn1c(C2Cc3ccccc3N2)nc2ccccc21. The van der Waals surface area contributed by atoms with Crippen LogP contribution in [0.1, 0.15) is 30.8 Å². The topological polar surface area (TPSA) is 29.9 Å². The van der Waals surface area contributed by atoms with E-state index in [1.807, 2.05) is 0 Å². The number of nitrogens with zero attached hydrogens (tertiary/aromatic N) is 2. The third-order valence-electron chi connectivity index (χ3n) is 4.21. The molecular weight excluding hydrogens is 258 g/mol. The first-order valence-electron chi connectivity index (χ1n) is 7.66. The van der Waals surface area contributed by atoms with Crippen molar-refractivity contribution in [3.63, 3.8) is 0 Å². The van der Waals surface area contributed by atoms with Gasteiger partial charge in [-0.05, 0) is 30.2 Å². The minimum absolute atomic E-state index is 0.279. The van der Waals surface area contributed by atoms with E-state index in [-0.39, 0.29) is 6.04 Å². The molecule has 4 rings (SSSR count). The van der Waals surface area contributed by atoms with E-state index in [1.54, 1.807) is 0 Å². The van der Waals surface area contributed by atoms with Gasteiger partial charge in [0.2, 0.25) is 0 Å². The first kappa shape index (κ1) is 12.5. The molecule has 0 radical (unpaired) electrons. The van der Waals surface area contributed by atoms with Crippen molar-refractivity contribution in [2.75, 3.05) is 5.32 Å². The van der Waals surface area contributed by atoms with Gasteiger partial charge in [0, 0.05) is 18.7 Å². The van der Waals surface area contributed by atoms with Gasteiger partial charge in [-0.1, -0.05) is 37.3 Å². The summed E-state index contributed by atoms with van der Waals surface area (Å²) in [5.41, 5.74) is 4.97. The summed E-state index contributed by atoms with van der Waals surface area (Å²) in [4.78, 5) is 4.90. The van der Waals surface area contributed by atoms with Crippen molar-refractivity contribution >= 4 is 16.7 Å². The summed E-state index contributed by atoms with van der Waals surface area (Å²) in [7, 11) is 0. The summed E-state index contributed by atoms with van der Waals surface area (Å²) in [6, 6.07) is 17.3. The Morgan fingerprint density at radius 3 is 2.81 bits per heavy atom. The lowest BCUT2D eigenvalue weighted by molar-refractivity contribution is 0.617. The van der Waals surface area contributed by atoms with Crippen LogP contribution in [-0.4, -0.2) is 9.55 Å². The summed E-state index contributed by atoms with van der Waals surface area (Å²) in [5.74, 6) is 1.16. The molecule has 0 amide bonds. The van der Waals surface area contributed by atoms with Crippen molar-refractivity contribution in [2.24, 2.45) is 0 Å². The monoisotopic (exact) mass is 277 g/mol. The molecule has 1 aliphatic heterocycles. The van der Waals surface area contributed by atoms with Gasteiger partial charge in [-0.3, -0.25) is 0 Å². The van der Waals surface area contributed by atoms with Crippen molar-refractivity contribution in [3.8, 4) is 0 Å². The Labute approximate surface area is 124 Å². The van der Waals surface area contributed by atoms with Crippen molar-refractivity contribution in [1.82, 2.24) is 9.55 Å². The number of fused-ring (bicyclic) bond motifs is 2. The number of anilines is 1.